The van der Waals surface area contributed by atoms with E-state index in [-0.39, 0.29) is 0 Å². The fourth-order valence-corrected chi connectivity index (χ4v) is 1.86. The molecule has 1 fully saturated rings. The van der Waals surface area contributed by atoms with Gasteiger partial charge in [0.05, 0.1) is 0 Å². The topological polar surface area (TPSA) is 101 Å². The Balaban J connectivity index is 0. The molecule has 0 aromatic rings. The van der Waals surface area contributed by atoms with E-state index < -0.39 is 12.1 Å². The number of thioether (sulfide) groups is 1. The Labute approximate surface area is 100 Å². The van der Waals surface area contributed by atoms with E-state index in [2.05, 4.69) is 17.5 Å². The number of unbranched alkanes of at least 4 members (excludes halogenated alkanes) is 1. The van der Waals surface area contributed by atoms with E-state index in [1.165, 1.54) is 24.3 Å². The molecule has 1 aliphatic heterocycles. The highest BCUT2D eigenvalue weighted by Crippen LogP contribution is 2.14. The van der Waals surface area contributed by atoms with Gasteiger partial charge in [-0.15, -0.1) is 0 Å². The van der Waals surface area contributed by atoms with E-state index in [0.717, 1.165) is 12.8 Å². The summed E-state index contributed by atoms with van der Waals surface area (Å²) < 4.78 is 0. The van der Waals surface area contributed by atoms with Gasteiger partial charge in [-0.3, -0.25) is 4.79 Å². The highest BCUT2D eigenvalue weighted by Gasteiger charge is 1.95. The van der Waals surface area contributed by atoms with E-state index in [1.54, 1.807) is 0 Å². The van der Waals surface area contributed by atoms with Crippen LogP contribution in [0, 0.1) is 0 Å². The lowest BCUT2D eigenvalue weighted by Gasteiger charge is -1.85. The summed E-state index contributed by atoms with van der Waals surface area (Å²) in [4.78, 5) is 18.5. The first-order valence-electron chi connectivity index (χ1n) is 5.28. The first-order chi connectivity index (χ1) is 7.50. The minimum absolute atomic E-state index is 0.316. The van der Waals surface area contributed by atoms with Gasteiger partial charge in [0.25, 0.3) is 0 Å². The van der Waals surface area contributed by atoms with Crippen molar-refractivity contribution >= 4 is 23.8 Å². The van der Waals surface area contributed by atoms with Gasteiger partial charge in [-0.25, -0.2) is 4.79 Å². The van der Waals surface area contributed by atoms with Gasteiger partial charge in [-0.1, -0.05) is 13.3 Å². The maximum absolute atomic E-state index is 9.76. The van der Waals surface area contributed by atoms with Crippen molar-refractivity contribution in [3.05, 3.63) is 0 Å². The van der Waals surface area contributed by atoms with Gasteiger partial charge in [0.1, 0.15) is 0 Å². The summed E-state index contributed by atoms with van der Waals surface area (Å²) in [5.74, 6) is 2.14. The smallest absolute Gasteiger partial charge is 0.402 e. The molecule has 0 aliphatic carbocycles. The third-order valence-electron chi connectivity index (χ3n) is 1.57. The average Bonchev–Trinajstić information content (AvgIpc) is 2.71. The molecule has 4 N–H and O–H groups in total. The number of carboxylic acid groups (broad SMARTS) is 2. The van der Waals surface area contributed by atoms with Crippen molar-refractivity contribution in [1.29, 1.82) is 0 Å². The fraction of sp³-hybridized carbons (Fsp3) is 0.800. The first-order valence-corrected chi connectivity index (χ1v) is 6.44. The number of hydrogen-bond donors (Lipinski definition) is 3. The minimum Gasteiger partial charge on any atom is -0.481 e. The monoisotopic (exact) mass is 251 g/mol. The Morgan fingerprint density at radius 1 is 1.25 bits per heavy atom. The van der Waals surface area contributed by atoms with Crippen molar-refractivity contribution in [1.82, 2.24) is 0 Å². The average molecular weight is 251 g/mol. The van der Waals surface area contributed by atoms with E-state index in [4.69, 9.17) is 15.0 Å². The molecule has 0 aromatic carbocycles. The standard InChI is InChI=1S/C5H10O2.C4H8S.CH3NO2/c1-2-3-4-5(6)7;1-2-4-5-3-1;2-1(3)4/h2-4H2,1H3,(H,6,7);1-4H2;2H2,(H,3,4). The molecular formula is C10H21NO4S. The van der Waals surface area contributed by atoms with E-state index in [9.17, 15) is 4.79 Å². The summed E-state index contributed by atoms with van der Waals surface area (Å²) in [5, 5.41) is 15.2. The van der Waals surface area contributed by atoms with Gasteiger partial charge in [0.15, 0.2) is 0 Å². The fourth-order valence-electron chi connectivity index (χ4n) is 0.838. The number of aliphatic carboxylic acids is 1. The number of carboxylic acids is 1. The molecule has 5 nitrogen and oxygen atoms in total. The largest absolute Gasteiger partial charge is 0.481 e. The van der Waals surface area contributed by atoms with E-state index in [1.807, 2.05) is 6.92 Å². The molecule has 0 unspecified atom stereocenters. The van der Waals surface area contributed by atoms with Crippen molar-refractivity contribution in [2.75, 3.05) is 11.5 Å². The Kier molecular flexibility index (Phi) is 15.4. The van der Waals surface area contributed by atoms with Crippen LogP contribution in [0.2, 0.25) is 0 Å². The molecule has 6 heteroatoms. The maximum Gasteiger partial charge on any atom is 0.402 e. The van der Waals surface area contributed by atoms with Crippen LogP contribution in [-0.2, 0) is 4.79 Å². The van der Waals surface area contributed by atoms with Crippen LogP contribution in [0.5, 0.6) is 0 Å². The van der Waals surface area contributed by atoms with Gasteiger partial charge >= 0.3 is 12.1 Å². The van der Waals surface area contributed by atoms with Gasteiger partial charge in [0, 0.05) is 6.42 Å². The Morgan fingerprint density at radius 2 is 1.69 bits per heavy atom. The normalized spacial score (nSPS) is 12.8. The van der Waals surface area contributed by atoms with Gasteiger partial charge in [-0.2, -0.15) is 11.8 Å². The molecule has 16 heavy (non-hydrogen) atoms. The molecule has 96 valence electrons. The highest BCUT2D eigenvalue weighted by atomic mass is 32.2. The van der Waals surface area contributed by atoms with E-state index in [0.29, 0.717) is 6.42 Å². The number of nitrogens with two attached hydrogens (primary N) is 1. The number of rotatable bonds is 3. The molecule has 1 amide bonds. The second kappa shape index (κ2) is 14.1. The molecule has 0 aromatic heterocycles. The number of carbonyl (C=O) groups is 2. The first kappa shape index (κ1) is 17.5. The second-order valence-corrected chi connectivity index (χ2v) is 4.38. The molecule has 1 saturated heterocycles. The van der Waals surface area contributed by atoms with Crippen LogP contribution < -0.4 is 5.73 Å². The lowest BCUT2D eigenvalue weighted by molar-refractivity contribution is -0.137. The summed E-state index contributed by atoms with van der Waals surface area (Å²) in [5.41, 5.74) is 4.03. The molecule has 1 heterocycles. The van der Waals surface area contributed by atoms with Crippen LogP contribution in [-0.4, -0.2) is 33.8 Å². The summed E-state index contributed by atoms with van der Waals surface area (Å²) in [7, 11) is 0. The number of amides is 1. The zero-order valence-electron chi connectivity index (χ0n) is 9.65. The summed E-state index contributed by atoms with van der Waals surface area (Å²) in [6, 6.07) is 0. The van der Waals surface area contributed by atoms with Crippen molar-refractivity contribution in [3.63, 3.8) is 0 Å². The Morgan fingerprint density at radius 3 is 1.81 bits per heavy atom. The number of hydrogen-bond acceptors (Lipinski definition) is 3. The SMILES string of the molecule is C1CCSC1.CCCCC(=O)O.NC(=O)O. The molecule has 0 spiro atoms. The highest BCUT2D eigenvalue weighted by molar-refractivity contribution is 7.99. The van der Waals surface area contributed by atoms with Crippen molar-refractivity contribution in [3.8, 4) is 0 Å². The van der Waals surface area contributed by atoms with Crippen LogP contribution in [0.25, 0.3) is 0 Å². The molecule has 1 aliphatic rings. The van der Waals surface area contributed by atoms with Crippen molar-refractivity contribution < 1.29 is 19.8 Å². The molecule has 0 radical (unpaired) electrons. The summed E-state index contributed by atoms with van der Waals surface area (Å²) in [6.07, 6.45) is 3.67. The predicted molar refractivity (Wildman–Crippen MR) is 65.9 cm³/mol. The molecule has 0 saturated carbocycles. The van der Waals surface area contributed by atoms with Crippen LogP contribution >= 0.6 is 11.8 Å². The van der Waals surface area contributed by atoms with Crippen LogP contribution in [0.3, 0.4) is 0 Å². The van der Waals surface area contributed by atoms with Crippen molar-refractivity contribution in [2.24, 2.45) is 5.73 Å². The molecule has 0 bridgehead atoms. The van der Waals surface area contributed by atoms with Crippen LogP contribution in [0.1, 0.15) is 39.0 Å². The van der Waals surface area contributed by atoms with E-state index >= 15 is 0 Å². The van der Waals surface area contributed by atoms with Crippen LogP contribution in [0.15, 0.2) is 0 Å². The minimum atomic E-state index is -1.33. The Hall–Kier alpha value is -0.910. The second-order valence-electron chi connectivity index (χ2n) is 3.16. The molecular weight excluding hydrogens is 230 g/mol. The summed E-state index contributed by atoms with van der Waals surface area (Å²) >= 11 is 2.07. The zero-order valence-corrected chi connectivity index (χ0v) is 10.5. The van der Waals surface area contributed by atoms with Crippen molar-refractivity contribution in [2.45, 2.75) is 39.0 Å². The molecule has 0 atom stereocenters. The Bertz CT molecular complexity index is 172. The maximum atomic E-state index is 9.76. The lowest BCUT2D eigenvalue weighted by atomic mass is 10.3. The lowest BCUT2D eigenvalue weighted by Crippen LogP contribution is -2.03. The van der Waals surface area contributed by atoms with Gasteiger partial charge in [0.2, 0.25) is 0 Å². The van der Waals surface area contributed by atoms with Gasteiger partial charge < -0.3 is 15.9 Å². The zero-order chi connectivity index (χ0) is 12.8. The molecule has 1 rings (SSSR count). The van der Waals surface area contributed by atoms with Crippen LogP contribution in [0.4, 0.5) is 4.79 Å². The third kappa shape index (κ3) is 29.2. The number of primary amides is 1. The quantitative estimate of drug-likeness (QED) is 0.715. The van der Waals surface area contributed by atoms with Gasteiger partial charge in [-0.05, 0) is 30.8 Å². The predicted octanol–water partition coefficient (Wildman–Crippen LogP) is 2.40. The third-order valence-corrected chi connectivity index (χ3v) is 2.73. The summed E-state index contributed by atoms with van der Waals surface area (Å²) in [6.45, 7) is 1.98.